The Bertz CT molecular complexity index is 644. The maximum absolute atomic E-state index is 13.6. The van der Waals surface area contributed by atoms with Crippen LogP contribution in [0.15, 0.2) is 47.6 Å². The summed E-state index contributed by atoms with van der Waals surface area (Å²) in [5.74, 6) is -0.365. The highest BCUT2D eigenvalue weighted by molar-refractivity contribution is 5.79. The van der Waals surface area contributed by atoms with Crippen LogP contribution in [0.5, 0.6) is 0 Å². The first-order valence-electron chi connectivity index (χ1n) is 7.55. The van der Waals surface area contributed by atoms with E-state index in [9.17, 15) is 8.78 Å². The van der Waals surface area contributed by atoms with E-state index in [4.69, 9.17) is 0 Å². The zero-order valence-corrected chi connectivity index (χ0v) is 13.0. The summed E-state index contributed by atoms with van der Waals surface area (Å²) in [5.41, 5.74) is 1.21. The van der Waals surface area contributed by atoms with Crippen molar-refractivity contribution in [1.29, 1.82) is 0 Å². The van der Waals surface area contributed by atoms with Crippen LogP contribution < -0.4 is 10.6 Å². The van der Waals surface area contributed by atoms with E-state index in [1.165, 1.54) is 0 Å². The molecule has 6 heteroatoms. The van der Waals surface area contributed by atoms with Gasteiger partial charge in [0, 0.05) is 37.0 Å². The molecule has 122 valence electrons. The van der Waals surface area contributed by atoms with Crippen LogP contribution in [0.1, 0.15) is 18.2 Å². The third-order valence-electron chi connectivity index (χ3n) is 3.16. The molecule has 0 radical (unpaired) electrons. The number of hydrogen-bond donors (Lipinski definition) is 2. The molecule has 0 aliphatic rings. The fraction of sp³-hybridized carbons (Fsp3) is 0.294. The number of benzene rings is 1. The molecule has 0 amide bonds. The topological polar surface area (TPSA) is 49.3 Å². The molecule has 1 aromatic heterocycles. The highest BCUT2D eigenvalue weighted by atomic mass is 19.1. The van der Waals surface area contributed by atoms with Crippen molar-refractivity contribution in [1.82, 2.24) is 15.6 Å². The Balaban J connectivity index is 1.93. The minimum atomic E-state index is -0.468. The second kappa shape index (κ2) is 8.82. The maximum Gasteiger partial charge on any atom is 0.191 e. The Kier molecular flexibility index (Phi) is 6.47. The molecule has 0 unspecified atom stereocenters. The first-order valence-corrected chi connectivity index (χ1v) is 7.55. The summed E-state index contributed by atoms with van der Waals surface area (Å²) < 4.78 is 26.8. The number of hydrogen-bond acceptors (Lipinski definition) is 2. The van der Waals surface area contributed by atoms with Crippen molar-refractivity contribution in [2.45, 2.75) is 19.9 Å². The van der Waals surface area contributed by atoms with Crippen LogP contribution in [0, 0.1) is 11.6 Å². The SMILES string of the molecule is CCNC(=NCc1cc(F)ccc1F)NCCc1ccccn1. The zero-order chi connectivity index (χ0) is 16.5. The van der Waals surface area contributed by atoms with Gasteiger partial charge in [-0.05, 0) is 37.3 Å². The number of halogens is 2. The third kappa shape index (κ3) is 5.65. The minimum Gasteiger partial charge on any atom is -0.357 e. The number of guanidine groups is 1. The molecule has 2 rings (SSSR count). The number of nitrogens with one attached hydrogen (secondary N) is 2. The Morgan fingerprint density at radius 2 is 2.04 bits per heavy atom. The first kappa shape index (κ1) is 16.9. The summed E-state index contributed by atoms with van der Waals surface area (Å²) in [4.78, 5) is 8.53. The molecule has 4 nitrogen and oxygen atoms in total. The van der Waals surface area contributed by atoms with E-state index in [2.05, 4.69) is 20.6 Å². The van der Waals surface area contributed by atoms with Gasteiger partial charge in [0.15, 0.2) is 5.96 Å². The van der Waals surface area contributed by atoms with Crippen molar-refractivity contribution in [2.75, 3.05) is 13.1 Å². The second-order valence-corrected chi connectivity index (χ2v) is 4.93. The molecular weight excluding hydrogens is 298 g/mol. The summed E-state index contributed by atoms with van der Waals surface area (Å²) in [7, 11) is 0. The molecular formula is C17H20F2N4. The molecule has 2 N–H and O–H groups in total. The van der Waals surface area contributed by atoms with Gasteiger partial charge in [-0.2, -0.15) is 0 Å². The fourth-order valence-electron chi connectivity index (χ4n) is 2.03. The van der Waals surface area contributed by atoms with Gasteiger partial charge in [0.05, 0.1) is 6.54 Å². The van der Waals surface area contributed by atoms with Gasteiger partial charge in [-0.15, -0.1) is 0 Å². The summed E-state index contributed by atoms with van der Waals surface area (Å²) >= 11 is 0. The van der Waals surface area contributed by atoms with E-state index in [1.54, 1.807) is 6.20 Å². The Labute approximate surface area is 134 Å². The highest BCUT2D eigenvalue weighted by Gasteiger charge is 2.04. The van der Waals surface area contributed by atoms with Crippen LogP contribution >= 0.6 is 0 Å². The molecule has 1 aromatic carbocycles. The molecule has 0 aliphatic heterocycles. The van der Waals surface area contributed by atoms with Crippen molar-refractivity contribution in [3.05, 3.63) is 65.5 Å². The predicted molar refractivity (Wildman–Crippen MR) is 87.1 cm³/mol. The van der Waals surface area contributed by atoms with Crippen molar-refractivity contribution >= 4 is 5.96 Å². The number of rotatable bonds is 6. The Morgan fingerprint density at radius 1 is 1.17 bits per heavy atom. The maximum atomic E-state index is 13.6. The lowest BCUT2D eigenvalue weighted by molar-refractivity contribution is 0.585. The number of aromatic nitrogens is 1. The van der Waals surface area contributed by atoms with E-state index >= 15 is 0 Å². The highest BCUT2D eigenvalue weighted by Crippen LogP contribution is 2.10. The van der Waals surface area contributed by atoms with Crippen LogP contribution in [0.3, 0.4) is 0 Å². The quantitative estimate of drug-likeness (QED) is 0.636. The molecule has 0 fully saturated rings. The van der Waals surface area contributed by atoms with Crippen LogP contribution in [0.25, 0.3) is 0 Å². The molecule has 1 heterocycles. The number of nitrogens with zero attached hydrogens (tertiary/aromatic N) is 2. The lowest BCUT2D eigenvalue weighted by Crippen LogP contribution is -2.38. The summed E-state index contributed by atoms with van der Waals surface area (Å²) in [5, 5.41) is 6.23. The lowest BCUT2D eigenvalue weighted by Gasteiger charge is -2.11. The minimum absolute atomic E-state index is 0.0719. The van der Waals surface area contributed by atoms with Gasteiger partial charge in [0.2, 0.25) is 0 Å². The van der Waals surface area contributed by atoms with E-state index in [0.717, 1.165) is 30.3 Å². The number of aliphatic imine (C=N–C) groups is 1. The Morgan fingerprint density at radius 3 is 2.78 bits per heavy atom. The number of pyridine rings is 1. The second-order valence-electron chi connectivity index (χ2n) is 4.93. The normalized spacial score (nSPS) is 11.3. The monoisotopic (exact) mass is 318 g/mol. The van der Waals surface area contributed by atoms with Crippen LogP contribution in [0.4, 0.5) is 8.78 Å². The molecule has 2 aromatic rings. The van der Waals surface area contributed by atoms with Crippen molar-refractivity contribution in [3.63, 3.8) is 0 Å². The summed E-state index contributed by atoms with van der Waals surface area (Å²) in [6.07, 6.45) is 2.50. The van der Waals surface area contributed by atoms with Crippen LogP contribution in [-0.4, -0.2) is 24.0 Å². The average molecular weight is 318 g/mol. The zero-order valence-electron chi connectivity index (χ0n) is 13.0. The van der Waals surface area contributed by atoms with Gasteiger partial charge in [-0.1, -0.05) is 6.07 Å². The summed E-state index contributed by atoms with van der Waals surface area (Å²) in [6.45, 7) is 3.34. The van der Waals surface area contributed by atoms with E-state index in [1.807, 2.05) is 25.1 Å². The van der Waals surface area contributed by atoms with Gasteiger partial charge in [-0.25, -0.2) is 13.8 Å². The Hall–Kier alpha value is -2.50. The van der Waals surface area contributed by atoms with E-state index in [0.29, 0.717) is 19.0 Å². The predicted octanol–water partition coefficient (Wildman–Crippen LogP) is 2.66. The molecule has 0 aliphatic carbocycles. The van der Waals surface area contributed by atoms with Crippen LogP contribution in [0.2, 0.25) is 0 Å². The first-order chi connectivity index (χ1) is 11.2. The van der Waals surface area contributed by atoms with Gasteiger partial charge >= 0.3 is 0 Å². The molecule has 0 spiro atoms. The largest absolute Gasteiger partial charge is 0.357 e. The smallest absolute Gasteiger partial charge is 0.191 e. The molecule has 0 saturated carbocycles. The van der Waals surface area contributed by atoms with Crippen molar-refractivity contribution < 1.29 is 8.78 Å². The average Bonchev–Trinajstić information content (AvgIpc) is 2.56. The van der Waals surface area contributed by atoms with E-state index in [-0.39, 0.29) is 12.1 Å². The fourth-order valence-corrected chi connectivity index (χ4v) is 2.03. The van der Waals surface area contributed by atoms with E-state index < -0.39 is 11.6 Å². The molecule has 0 saturated heterocycles. The molecule has 0 atom stereocenters. The van der Waals surface area contributed by atoms with Crippen molar-refractivity contribution in [3.8, 4) is 0 Å². The summed E-state index contributed by atoms with van der Waals surface area (Å²) in [6, 6.07) is 9.13. The molecule has 0 bridgehead atoms. The lowest BCUT2D eigenvalue weighted by atomic mass is 10.2. The third-order valence-corrected chi connectivity index (χ3v) is 3.16. The van der Waals surface area contributed by atoms with Gasteiger partial charge < -0.3 is 10.6 Å². The van der Waals surface area contributed by atoms with Gasteiger partial charge in [0.25, 0.3) is 0 Å². The van der Waals surface area contributed by atoms with Gasteiger partial charge in [-0.3, -0.25) is 4.98 Å². The standard InChI is InChI=1S/C17H20F2N4/c1-2-20-17(22-10-8-15-5-3-4-9-21-15)23-12-13-11-14(18)6-7-16(13)19/h3-7,9,11H,2,8,10,12H2,1H3,(H2,20,22,23). The van der Waals surface area contributed by atoms with Crippen molar-refractivity contribution in [2.24, 2.45) is 4.99 Å². The van der Waals surface area contributed by atoms with Crippen LogP contribution in [-0.2, 0) is 13.0 Å². The molecule has 23 heavy (non-hydrogen) atoms. The van der Waals surface area contributed by atoms with Gasteiger partial charge in [0.1, 0.15) is 11.6 Å².